The van der Waals surface area contributed by atoms with Crippen LogP contribution in [0.4, 0.5) is 4.79 Å². The Bertz CT molecular complexity index is 626. The van der Waals surface area contributed by atoms with Gasteiger partial charge in [0.1, 0.15) is 0 Å². The molecular formula is C18H20N2O. The summed E-state index contributed by atoms with van der Waals surface area (Å²) in [5.74, 6) is 0. The van der Waals surface area contributed by atoms with Gasteiger partial charge in [-0.15, -0.1) is 0 Å². The molecule has 2 amide bonds. The number of nitrogens with one attached hydrogen (secondary N) is 2. The predicted molar refractivity (Wildman–Crippen MR) is 84.2 cm³/mol. The summed E-state index contributed by atoms with van der Waals surface area (Å²) < 4.78 is 0. The van der Waals surface area contributed by atoms with E-state index in [0.717, 1.165) is 18.4 Å². The smallest absolute Gasteiger partial charge is 0.315 e. The molecule has 1 aliphatic carbocycles. The van der Waals surface area contributed by atoms with E-state index in [2.05, 4.69) is 54.0 Å². The fraction of sp³-hybridized carbons (Fsp3) is 0.278. The molecule has 0 spiro atoms. The van der Waals surface area contributed by atoms with Gasteiger partial charge in [-0.25, -0.2) is 4.79 Å². The van der Waals surface area contributed by atoms with Crippen LogP contribution in [-0.2, 0) is 19.4 Å². The van der Waals surface area contributed by atoms with Crippen molar-refractivity contribution in [2.24, 2.45) is 0 Å². The van der Waals surface area contributed by atoms with Crippen molar-refractivity contribution in [2.75, 3.05) is 0 Å². The lowest BCUT2D eigenvalue weighted by molar-refractivity contribution is 0.237. The van der Waals surface area contributed by atoms with E-state index in [9.17, 15) is 4.79 Å². The van der Waals surface area contributed by atoms with Gasteiger partial charge in [-0.2, -0.15) is 0 Å². The van der Waals surface area contributed by atoms with E-state index in [1.807, 2.05) is 12.1 Å². The highest BCUT2D eigenvalue weighted by Crippen LogP contribution is 2.21. The average molecular weight is 280 g/mol. The van der Waals surface area contributed by atoms with Crippen molar-refractivity contribution in [3.05, 3.63) is 70.8 Å². The van der Waals surface area contributed by atoms with Gasteiger partial charge in [0, 0.05) is 12.6 Å². The van der Waals surface area contributed by atoms with Crippen molar-refractivity contribution >= 4 is 6.03 Å². The molecule has 3 heteroatoms. The first-order chi connectivity index (χ1) is 10.2. The largest absolute Gasteiger partial charge is 0.335 e. The summed E-state index contributed by atoms with van der Waals surface area (Å²) in [4.78, 5) is 12.0. The zero-order valence-corrected chi connectivity index (χ0v) is 12.2. The Morgan fingerprint density at radius 2 is 1.81 bits per heavy atom. The summed E-state index contributed by atoms with van der Waals surface area (Å²) >= 11 is 0. The van der Waals surface area contributed by atoms with Crippen LogP contribution >= 0.6 is 0 Å². The molecule has 0 aliphatic heterocycles. The van der Waals surface area contributed by atoms with Crippen LogP contribution in [0.5, 0.6) is 0 Å². The summed E-state index contributed by atoms with van der Waals surface area (Å²) in [6.07, 6.45) is 1.85. The highest BCUT2D eigenvalue weighted by atomic mass is 16.2. The van der Waals surface area contributed by atoms with Crippen molar-refractivity contribution in [2.45, 2.75) is 32.4 Å². The Morgan fingerprint density at radius 1 is 1.10 bits per heavy atom. The Hall–Kier alpha value is -2.29. The van der Waals surface area contributed by atoms with Gasteiger partial charge in [0.05, 0.1) is 0 Å². The fourth-order valence-electron chi connectivity index (χ4n) is 2.90. The lowest BCUT2D eigenvalue weighted by Gasteiger charge is -2.13. The number of fused-ring (bicyclic) bond motifs is 1. The Balaban J connectivity index is 1.50. The summed E-state index contributed by atoms with van der Waals surface area (Å²) in [5.41, 5.74) is 5.03. The SMILES string of the molecule is Cc1cccc(CNC(=O)NC2Cc3ccccc3C2)c1. The first-order valence-electron chi connectivity index (χ1n) is 7.37. The molecule has 108 valence electrons. The number of carbonyl (C=O) groups is 1. The highest BCUT2D eigenvalue weighted by Gasteiger charge is 2.22. The molecule has 3 rings (SSSR count). The maximum atomic E-state index is 12.0. The van der Waals surface area contributed by atoms with Crippen LogP contribution in [0.15, 0.2) is 48.5 Å². The molecule has 2 aromatic rings. The molecular weight excluding hydrogens is 260 g/mol. The number of urea groups is 1. The fourth-order valence-corrected chi connectivity index (χ4v) is 2.90. The maximum absolute atomic E-state index is 12.0. The van der Waals surface area contributed by atoms with Crippen molar-refractivity contribution < 1.29 is 4.79 Å². The van der Waals surface area contributed by atoms with Crippen LogP contribution < -0.4 is 10.6 Å². The van der Waals surface area contributed by atoms with Crippen LogP contribution in [0, 0.1) is 6.92 Å². The van der Waals surface area contributed by atoms with Gasteiger partial charge in [0.15, 0.2) is 0 Å². The number of rotatable bonds is 3. The van der Waals surface area contributed by atoms with Crippen LogP contribution in [0.2, 0.25) is 0 Å². The van der Waals surface area contributed by atoms with E-state index in [0.29, 0.717) is 6.54 Å². The second kappa shape index (κ2) is 6.00. The number of aryl methyl sites for hydroxylation is 1. The normalized spacial score (nSPS) is 13.8. The third-order valence-electron chi connectivity index (χ3n) is 3.92. The molecule has 0 aromatic heterocycles. The molecule has 0 fully saturated rings. The van der Waals surface area contributed by atoms with Gasteiger partial charge < -0.3 is 10.6 Å². The minimum absolute atomic E-state index is 0.0886. The van der Waals surface area contributed by atoms with Gasteiger partial charge in [-0.1, -0.05) is 54.1 Å². The molecule has 0 heterocycles. The molecule has 3 nitrogen and oxygen atoms in total. The van der Waals surface area contributed by atoms with Crippen molar-refractivity contribution in [1.82, 2.24) is 10.6 Å². The number of benzene rings is 2. The van der Waals surface area contributed by atoms with Crippen LogP contribution in [-0.4, -0.2) is 12.1 Å². The van der Waals surface area contributed by atoms with E-state index in [1.165, 1.54) is 16.7 Å². The highest BCUT2D eigenvalue weighted by molar-refractivity contribution is 5.74. The van der Waals surface area contributed by atoms with Crippen LogP contribution in [0.1, 0.15) is 22.3 Å². The molecule has 21 heavy (non-hydrogen) atoms. The Labute approximate surface area is 125 Å². The zero-order valence-electron chi connectivity index (χ0n) is 12.2. The Morgan fingerprint density at radius 3 is 2.48 bits per heavy atom. The molecule has 2 aromatic carbocycles. The lowest BCUT2D eigenvalue weighted by Crippen LogP contribution is -2.42. The third kappa shape index (κ3) is 3.43. The summed E-state index contributed by atoms with van der Waals surface area (Å²) in [6, 6.07) is 16.7. The predicted octanol–water partition coefficient (Wildman–Crippen LogP) is 2.96. The van der Waals surface area contributed by atoms with Gasteiger partial charge in [0.2, 0.25) is 0 Å². The second-order valence-corrected chi connectivity index (χ2v) is 5.69. The maximum Gasteiger partial charge on any atom is 0.315 e. The summed E-state index contributed by atoms with van der Waals surface area (Å²) in [6.45, 7) is 2.62. The minimum Gasteiger partial charge on any atom is -0.335 e. The minimum atomic E-state index is -0.0886. The molecule has 0 saturated heterocycles. The molecule has 0 radical (unpaired) electrons. The zero-order chi connectivity index (χ0) is 14.7. The number of hydrogen-bond acceptors (Lipinski definition) is 1. The van der Waals surface area contributed by atoms with Crippen molar-refractivity contribution in [1.29, 1.82) is 0 Å². The first-order valence-corrected chi connectivity index (χ1v) is 7.37. The molecule has 0 bridgehead atoms. The molecule has 0 saturated carbocycles. The third-order valence-corrected chi connectivity index (χ3v) is 3.92. The first kappa shape index (κ1) is 13.7. The number of carbonyl (C=O) groups excluding carboxylic acids is 1. The van der Waals surface area contributed by atoms with E-state index in [4.69, 9.17) is 0 Å². The van der Waals surface area contributed by atoms with E-state index in [1.54, 1.807) is 0 Å². The van der Waals surface area contributed by atoms with Gasteiger partial charge in [0.25, 0.3) is 0 Å². The second-order valence-electron chi connectivity index (χ2n) is 5.69. The van der Waals surface area contributed by atoms with E-state index < -0.39 is 0 Å². The average Bonchev–Trinajstić information content (AvgIpc) is 2.87. The molecule has 2 N–H and O–H groups in total. The van der Waals surface area contributed by atoms with Crippen molar-refractivity contribution in [3.63, 3.8) is 0 Å². The molecule has 1 aliphatic rings. The summed E-state index contributed by atoms with van der Waals surface area (Å²) in [7, 11) is 0. The quantitative estimate of drug-likeness (QED) is 0.891. The standard InChI is InChI=1S/C18H20N2O/c1-13-5-4-6-14(9-13)12-19-18(21)20-17-10-15-7-2-3-8-16(15)11-17/h2-9,17H,10-12H2,1H3,(H2,19,20,21). The Kier molecular flexibility index (Phi) is 3.91. The topological polar surface area (TPSA) is 41.1 Å². The van der Waals surface area contributed by atoms with Crippen LogP contribution in [0.25, 0.3) is 0 Å². The monoisotopic (exact) mass is 280 g/mol. The van der Waals surface area contributed by atoms with Gasteiger partial charge >= 0.3 is 6.03 Å². The lowest BCUT2D eigenvalue weighted by atomic mass is 10.1. The van der Waals surface area contributed by atoms with Gasteiger partial charge in [-0.3, -0.25) is 0 Å². The van der Waals surface area contributed by atoms with Gasteiger partial charge in [-0.05, 0) is 36.5 Å². The molecule has 0 atom stereocenters. The summed E-state index contributed by atoms with van der Waals surface area (Å²) in [5, 5.41) is 5.99. The van der Waals surface area contributed by atoms with Crippen molar-refractivity contribution in [3.8, 4) is 0 Å². The van der Waals surface area contributed by atoms with E-state index in [-0.39, 0.29) is 12.1 Å². The van der Waals surface area contributed by atoms with Crippen LogP contribution in [0.3, 0.4) is 0 Å². The van der Waals surface area contributed by atoms with E-state index >= 15 is 0 Å². The molecule has 0 unspecified atom stereocenters. The number of hydrogen-bond donors (Lipinski definition) is 2. The number of amides is 2.